The number of nitrogens with zero attached hydrogens (tertiary/aromatic N) is 2. The van der Waals surface area contributed by atoms with Gasteiger partial charge in [-0.1, -0.05) is 12.1 Å². The molecule has 0 aliphatic carbocycles. The second-order valence-corrected chi connectivity index (χ2v) is 2.72. The highest BCUT2D eigenvalue weighted by Gasteiger charge is 2.18. The third-order valence-corrected chi connectivity index (χ3v) is 1.75. The van der Waals surface area contributed by atoms with E-state index in [0.29, 0.717) is 18.1 Å². The third-order valence-electron chi connectivity index (χ3n) is 1.75. The van der Waals surface area contributed by atoms with Crippen molar-refractivity contribution in [1.82, 2.24) is 10.1 Å². The summed E-state index contributed by atoms with van der Waals surface area (Å²) in [4.78, 5) is 15.2. The van der Waals surface area contributed by atoms with Crippen molar-refractivity contribution in [3.63, 3.8) is 0 Å². The fraction of sp³-hybridized carbons (Fsp3) is 0.625. The van der Waals surface area contributed by atoms with Gasteiger partial charge in [0.15, 0.2) is 5.82 Å². The molecule has 0 bridgehead atoms. The Bertz CT molecular complexity index is 280. The van der Waals surface area contributed by atoms with Crippen molar-refractivity contribution in [2.75, 3.05) is 0 Å². The van der Waals surface area contributed by atoms with Gasteiger partial charge in [0.2, 0.25) is 5.89 Å². The second kappa shape index (κ2) is 3.47. The fourth-order valence-electron chi connectivity index (χ4n) is 0.933. The number of aromatic nitrogens is 2. The molecule has 0 spiro atoms. The lowest BCUT2D eigenvalue weighted by Gasteiger charge is -2.00. The lowest BCUT2D eigenvalue weighted by atomic mass is 10.1. The standard InChI is InChI=1S/C8H12N2O2/c1-4-7(11)5(2)8-9-6(3)10-12-8/h5H,4H2,1-3H3. The number of ketones is 1. The van der Waals surface area contributed by atoms with Crippen LogP contribution in [0.3, 0.4) is 0 Å². The normalized spacial score (nSPS) is 12.9. The number of aryl methyl sites for hydroxylation is 1. The Kier molecular flexibility index (Phi) is 2.58. The van der Waals surface area contributed by atoms with Crippen LogP contribution in [0.5, 0.6) is 0 Å². The smallest absolute Gasteiger partial charge is 0.236 e. The van der Waals surface area contributed by atoms with Crippen LogP contribution >= 0.6 is 0 Å². The molecular formula is C8H12N2O2. The van der Waals surface area contributed by atoms with E-state index in [2.05, 4.69) is 10.1 Å². The van der Waals surface area contributed by atoms with E-state index in [1.165, 1.54) is 0 Å². The van der Waals surface area contributed by atoms with Crippen molar-refractivity contribution < 1.29 is 9.32 Å². The molecule has 0 saturated carbocycles. The molecule has 12 heavy (non-hydrogen) atoms. The Morgan fingerprint density at radius 1 is 1.67 bits per heavy atom. The highest BCUT2D eigenvalue weighted by molar-refractivity contribution is 5.83. The van der Waals surface area contributed by atoms with Gasteiger partial charge in [0.1, 0.15) is 5.78 Å². The summed E-state index contributed by atoms with van der Waals surface area (Å²) in [5.74, 6) is 0.843. The minimum absolute atomic E-state index is 0.124. The maximum absolute atomic E-state index is 11.2. The van der Waals surface area contributed by atoms with Crippen LogP contribution in [-0.4, -0.2) is 15.9 Å². The summed E-state index contributed by atoms with van der Waals surface area (Å²) in [7, 11) is 0. The minimum Gasteiger partial charge on any atom is -0.339 e. The highest BCUT2D eigenvalue weighted by Crippen LogP contribution is 2.14. The van der Waals surface area contributed by atoms with Gasteiger partial charge in [0, 0.05) is 6.42 Å². The molecule has 1 atom stereocenters. The van der Waals surface area contributed by atoms with Crippen molar-refractivity contribution in [2.24, 2.45) is 0 Å². The molecule has 66 valence electrons. The topological polar surface area (TPSA) is 56.0 Å². The summed E-state index contributed by atoms with van der Waals surface area (Å²) in [6.45, 7) is 5.33. The summed E-state index contributed by atoms with van der Waals surface area (Å²) in [6, 6.07) is 0. The van der Waals surface area contributed by atoms with Gasteiger partial charge >= 0.3 is 0 Å². The zero-order valence-electron chi connectivity index (χ0n) is 7.50. The second-order valence-electron chi connectivity index (χ2n) is 2.72. The Morgan fingerprint density at radius 2 is 2.33 bits per heavy atom. The first-order valence-corrected chi connectivity index (χ1v) is 3.98. The van der Waals surface area contributed by atoms with Gasteiger partial charge in [-0.15, -0.1) is 0 Å². The number of hydrogen-bond donors (Lipinski definition) is 0. The molecule has 1 aromatic heterocycles. The van der Waals surface area contributed by atoms with Crippen LogP contribution in [0.1, 0.15) is 37.9 Å². The average Bonchev–Trinajstić information content (AvgIpc) is 2.49. The molecule has 1 rings (SSSR count). The number of carbonyl (C=O) groups excluding carboxylic acids is 1. The van der Waals surface area contributed by atoms with E-state index in [1.54, 1.807) is 13.8 Å². The largest absolute Gasteiger partial charge is 0.339 e. The van der Waals surface area contributed by atoms with Crippen molar-refractivity contribution in [3.05, 3.63) is 11.7 Å². The molecule has 0 N–H and O–H groups in total. The van der Waals surface area contributed by atoms with Gasteiger partial charge in [-0.3, -0.25) is 4.79 Å². The first-order valence-electron chi connectivity index (χ1n) is 3.98. The Balaban J connectivity index is 2.77. The maximum atomic E-state index is 11.2. The van der Waals surface area contributed by atoms with Crippen LogP contribution in [0.15, 0.2) is 4.52 Å². The molecule has 0 aromatic carbocycles. The van der Waals surface area contributed by atoms with E-state index in [4.69, 9.17) is 4.52 Å². The predicted octanol–water partition coefficient (Wildman–Crippen LogP) is 1.46. The van der Waals surface area contributed by atoms with Gasteiger partial charge < -0.3 is 4.52 Å². The van der Waals surface area contributed by atoms with Crippen molar-refractivity contribution >= 4 is 5.78 Å². The molecule has 0 saturated heterocycles. The summed E-state index contributed by atoms with van der Waals surface area (Å²) in [5.41, 5.74) is 0. The zero-order valence-corrected chi connectivity index (χ0v) is 7.50. The van der Waals surface area contributed by atoms with Crippen molar-refractivity contribution in [1.29, 1.82) is 0 Å². The molecule has 1 heterocycles. The van der Waals surface area contributed by atoms with E-state index in [-0.39, 0.29) is 11.7 Å². The van der Waals surface area contributed by atoms with Crippen LogP contribution in [0.25, 0.3) is 0 Å². The Morgan fingerprint density at radius 3 is 2.75 bits per heavy atom. The molecule has 4 heteroatoms. The van der Waals surface area contributed by atoms with Crippen molar-refractivity contribution in [3.8, 4) is 0 Å². The first kappa shape index (κ1) is 8.90. The average molecular weight is 168 g/mol. The number of Topliss-reactive ketones (excluding diaryl/α,β-unsaturated/α-hetero) is 1. The molecule has 1 unspecified atom stereocenters. The van der Waals surface area contributed by atoms with Gasteiger partial charge in [-0.2, -0.15) is 4.98 Å². The number of hydrogen-bond acceptors (Lipinski definition) is 4. The van der Waals surface area contributed by atoms with Gasteiger partial charge in [-0.05, 0) is 13.8 Å². The first-order chi connectivity index (χ1) is 5.65. The van der Waals surface area contributed by atoms with E-state index >= 15 is 0 Å². The third kappa shape index (κ3) is 1.69. The van der Waals surface area contributed by atoms with Gasteiger partial charge in [0.05, 0.1) is 5.92 Å². The number of carbonyl (C=O) groups is 1. The summed E-state index contributed by atoms with van der Waals surface area (Å²) < 4.78 is 4.87. The van der Waals surface area contributed by atoms with Crippen molar-refractivity contribution in [2.45, 2.75) is 33.1 Å². The van der Waals surface area contributed by atoms with E-state index in [0.717, 1.165) is 0 Å². The SMILES string of the molecule is CCC(=O)C(C)c1nc(C)no1. The molecule has 0 fully saturated rings. The summed E-state index contributed by atoms with van der Waals surface area (Å²) in [5, 5.41) is 3.62. The molecular weight excluding hydrogens is 156 g/mol. The molecule has 1 aromatic rings. The predicted molar refractivity (Wildman–Crippen MR) is 42.7 cm³/mol. The Labute approximate surface area is 71.0 Å². The lowest BCUT2D eigenvalue weighted by Crippen LogP contribution is -2.07. The molecule has 4 nitrogen and oxygen atoms in total. The fourth-order valence-corrected chi connectivity index (χ4v) is 0.933. The van der Waals surface area contributed by atoms with Crippen LogP contribution in [0, 0.1) is 6.92 Å². The molecule has 0 amide bonds. The van der Waals surface area contributed by atoms with Gasteiger partial charge in [0.25, 0.3) is 0 Å². The monoisotopic (exact) mass is 168 g/mol. The quantitative estimate of drug-likeness (QED) is 0.685. The van der Waals surface area contributed by atoms with E-state index < -0.39 is 0 Å². The lowest BCUT2D eigenvalue weighted by molar-refractivity contribution is -0.120. The van der Waals surface area contributed by atoms with Gasteiger partial charge in [-0.25, -0.2) is 0 Å². The maximum Gasteiger partial charge on any atom is 0.236 e. The van der Waals surface area contributed by atoms with E-state index in [9.17, 15) is 4.79 Å². The highest BCUT2D eigenvalue weighted by atomic mass is 16.5. The zero-order chi connectivity index (χ0) is 9.14. The van der Waals surface area contributed by atoms with E-state index in [1.807, 2.05) is 6.92 Å². The molecule has 0 radical (unpaired) electrons. The van der Waals surface area contributed by atoms with Crippen LogP contribution in [0.4, 0.5) is 0 Å². The van der Waals surface area contributed by atoms with Crippen LogP contribution < -0.4 is 0 Å². The summed E-state index contributed by atoms with van der Waals surface area (Å²) in [6.07, 6.45) is 0.503. The van der Waals surface area contributed by atoms with Crippen LogP contribution in [0.2, 0.25) is 0 Å². The molecule has 0 aliphatic heterocycles. The number of rotatable bonds is 3. The summed E-state index contributed by atoms with van der Waals surface area (Å²) >= 11 is 0. The van der Waals surface area contributed by atoms with Crippen LogP contribution in [-0.2, 0) is 4.79 Å². The minimum atomic E-state index is -0.267. The molecule has 0 aliphatic rings. The Hall–Kier alpha value is -1.19.